The summed E-state index contributed by atoms with van der Waals surface area (Å²) in [6.45, 7) is 2.07. The lowest BCUT2D eigenvalue weighted by atomic mass is 10.1. The van der Waals surface area contributed by atoms with Crippen LogP contribution in [-0.2, 0) is 11.2 Å². The van der Waals surface area contributed by atoms with Crippen molar-refractivity contribution in [3.8, 4) is 0 Å². The summed E-state index contributed by atoms with van der Waals surface area (Å²) in [5, 5.41) is 9.38. The zero-order valence-corrected chi connectivity index (χ0v) is 11.1. The maximum atomic E-state index is 10.7. The molecule has 1 fully saturated rings. The van der Waals surface area contributed by atoms with Crippen LogP contribution in [0.15, 0.2) is 24.3 Å². The van der Waals surface area contributed by atoms with E-state index in [-0.39, 0.29) is 12.0 Å². The van der Waals surface area contributed by atoms with E-state index in [0.717, 1.165) is 31.2 Å². The van der Waals surface area contributed by atoms with Gasteiger partial charge in [0, 0.05) is 19.5 Å². The first kappa shape index (κ1) is 13.1. The second kappa shape index (κ2) is 5.53. The molecule has 1 heterocycles. The molecule has 2 atom stereocenters. The molecule has 0 radical (unpaired) electrons. The van der Waals surface area contributed by atoms with Crippen LogP contribution in [0.4, 0.5) is 0 Å². The summed E-state index contributed by atoms with van der Waals surface area (Å²) in [7, 11) is 1.86. The van der Waals surface area contributed by atoms with Crippen LogP contribution < -0.4 is 0 Å². The van der Waals surface area contributed by atoms with Gasteiger partial charge in [-0.3, -0.25) is 4.79 Å². The van der Waals surface area contributed by atoms with Crippen molar-refractivity contribution < 1.29 is 9.90 Å². The second-order valence-corrected chi connectivity index (χ2v) is 5.15. The maximum Gasteiger partial charge on any atom is 0.222 e. The van der Waals surface area contributed by atoms with E-state index >= 15 is 0 Å². The topological polar surface area (TPSA) is 40.5 Å². The summed E-state index contributed by atoms with van der Waals surface area (Å²) in [6, 6.07) is 8.57. The van der Waals surface area contributed by atoms with E-state index in [9.17, 15) is 9.90 Å². The van der Waals surface area contributed by atoms with Gasteiger partial charge >= 0.3 is 0 Å². The number of carbonyl (C=O) groups excluding carboxylic acids is 1. The second-order valence-electron chi connectivity index (χ2n) is 5.15. The number of hydrogen-bond acceptors (Lipinski definition) is 2. The summed E-state index contributed by atoms with van der Waals surface area (Å²) in [6.07, 6.45) is 3.53. The summed E-state index contributed by atoms with van der Waals surface area (Å²) < 4.78 is 0. The van der Waals surface area contributed by atoms with Gasteiger partial charge in [-0.25, -0.2) is 0 Å². The number of rotatable bonds is 0. The molecule has 1 aliphatic carbocycles. The van der Waals surface area contributed by atoms with Crippen molar-refractivity contribution in [2.24, 2.45) is 0 Å². The molecule has 2 aliphatic rings. The number of amides is 1. The first-order valence-corrected chi connectivity index (χ1v) is 6.61. The number of fused-ring (bicyclic) bond motifs is 1. The number of nitrogens with zero attached hydrogens (tertiary/aromatic N) is 1. The van der Waals surface area contributed by atoms with Gasteiger partial charge in [-0.05, 0) is 37.3 Å². The number of aryl methyl sites for hydroxylation is 1. The molecule has 0 spiro atoms. The van der Waals surface area contributed by atoms with E-state index in [1.807, 2.05) is 25.2 Å². The SMILES string of the molecule is C[C@@H]1CCC(=O)N1C.OC1CCc2ccccc21. The zero-order valence-electron chi connectivity index (χ0n) is 11.1. The summed E-state index contributed by atoms with van der Waals surface area (Å²) in [5.74, 6) is 0.289. The Kier molecular flexibility index (Phi) is 4.02. The van der Waals surface area contributed by atoms with Crippen LogP contribution in [0.5, 0.6) is 0 Å². The van der Waals surface area contributed by atoms with Crippen LogP contribution >= 0.6 is 0 Å². The van der Waals surface area contributed by atoms with Crippen LogP contribution in [0.25, 0.3) is 0 Å². The fourth-order valence-electron chi connectivity index (χ4n) is 2.48. The van der Waals surface area contributed by atoms with E-state index in [1.54, 1.807) is 4.90 Å². The predicted molar refractivity (Wildman–Crippen MR) is 71.2 cm³/mol. The van der Waals surface area contributed by atoms with Gasteiger partial charge in [-0.15, -0.1) is 0 Å². The lowest BCUT2D eigenvalue weighted by Crippen LogP contribution is -2.25. The quantitative estimate of drug-likeness (QED) is 0.764. The normalized spacial score (nSPS) is 25.7. The fraction of sp³-hybridized carbons (Fsp3) is 0.533. The highest BCUT2D eigenvalue weighted by Crippen LogP contribution is 2.29. The van der Waals surface area contributed by atoms with Crippen molar-refractivity contribution in [1.82, 2.24) is 4.90 Å². The minimum absolute atomic E-state index is 0.198. The Morgan fingerprint density at radius 2 is 1.94 bits per heavy atom. The van der Waals surface area contributed by atoms with E-state index in [1.165, 1.54) is 5.56 Å². The summed E-state index contributed by atoms with van der Waals surface area (Å²) >= 11 is 0. The number of likely N-dealkylation sites (tertiary alicyclic amines) is 1. The third kappa shape index (κ3) is 2.72. The first-order valence-electron chi connectivity index (χ1n) is 6.61. The van der Waals surface area contributed by atoms with Gasteiger partial charge in [-0.1, -0.05) is 24.3 Å². The lowest BCUT2D eigenvalue weighted by molar-refractivity contribution is -0.127. The van der Waals surface area contributed by atoms with Crippen molar-refractivity contribution in [1.29, 1.82) is 0 Å². The monoisotopic (exact) mass is 247 g/mol. The summed E-state index contributed by atoms with van der Waals surface area (Å²) in [5.41, 5.74) is 2.44. The molecule has 1 aromatic rings. The molecule has 0 bridgehead atoms. The Morgan fingerprint density at radius 1 is 1.22 bits per heavy atom. The van der Waals surface area contributed by atoms with Crippen molar-refractivity contribution >= 4 is 5.91 Å². The largest absolute Gasteiger partial charge is 0.388 e. The zero-order chi connectivity index (χ0) is 13.1. The van der Waals surface area contributed by atoms with E-state index in [0.29, 0.717) is 6.04 Å². The van der Waals surface area contributed by atoms with Gasteiger partial charge in [0.1, 0.15) is 0 Å². The molecule has 1 amide bonds. The van der Waals surface area contributed by atoms with E-state index in [4.69, 9.17) is 0 Å². The molecule has 3 nitrogen and oxygen atoms in total. The number of aliphatic hydroxyl groups is 1. The standard InChI is InChI=1S/C9H10O.C6H11NO/c10-9-6-5-7-3-1-2-4-8(7)9;1-5-3-4-6(8)7(5)2/h1-4,9-10H,5-6H2;5H,3-4H2,1-2H3/t;5-/m.1/s1. The van der Waals surface area contributed by atoms with E-state index in [2.05, 4.69) is 13.0 Å². The lowest BCUT2D eigenvalue weighted by Gasteiger charge is -2.13. The Morgan fingerprint density at radius 3 is 2.44 bits per heavy atom. The minimum Gasteiger partial charge on any atom is -0.388 e. The molecule has 98 valence electrons. The van der Waals surface area contributed by atoms with Gasteiger partial charge in [0.15, 0.2) is 0 Å². The Bertz CT molecular complexity index is 430. The molecule has 1 aliphatic heterocycles. The van der Waals surface area contributed by atoms with Gasteiger partial charge in [0.05, 0.1) is 6.10 Å². The minimum atomic E-state index is -0.198. The molecule has 1 unspecified atom stereocenters. The van der Waals surface area contributed by atoms with Crippen LogP contribution in [0.2, 0.25) is 0 Å². The average molecular weight is 247 g/mol. The average Bonchev–Trinajstić information content (AvgIpc) is 2.90. The van der Waals surface area contributed by atoms with Crippen LogP contribution in [-0.4, -0.2) is 29.0 Å². The molecule has 18 heavy (non-hydrogen) atoms. The molecule has 0 aromatic heterocycles. The van der Waals surface area contributed by atoms with Crippen LogP contribution in [0.1, 0.15) is 43.4 Å². The molecule has 1 N–H and O–H groups in total. The molecule has 0 saturated carbocycles. The number of carbonyl (C=O) groups is 1. The third-order valence-corrected chi connectivity index (χ3v) is 3.93. The Labute approximate surface area is 108 Å². The van der Waals surface area contributed by atoms with Crippen molar-refractivity contribution in [3.63, 3.8) is 0 Å². The predicted octanol–water partition coefficient (Wildman–Crippen LogP) is 2.29. The Hall–Kier alpha value is -1.35. The maximum absolute atomic E-state index is 10.7. The van der Waals surface area contributed by atoms with Crippen molar-refractivity contribution in [2.75, 3.05) is 7.05 Å². The number of hydrogen-bond donors (Lipinski definition) is 1. The number of benzene rings is 1. The fourth-order valence-corrected chi connectivity index (χ4v) is 2.48. The molecular formula is C15H21NO2. The first-order chi connectivity index (χ1) is 8.59. The van der Waals surface area contributed by atoms with Gasteiger partial charge in [-0.2, -0.15) is 0 Å². The molecule has 1 aromatic carbocycles. The third-order valence-electron chi connectivity index (χ3n) is 3.93. The molecule has 3 heteroatoms. The highest BCUT2D eigenvalue weighted by molar-refractivity contribution is 5.78. The van der Waals surface area contributed by atoms with Crippen LogP contribution in [0, 0.1) is 0 Å². The highest BCUT2D eigenvalue weighted by atomic mass is 16.3. The van der Waals surface area contributed by atoms with E-state index < -0.39 is 0 Å². The number of aliphatic hydroxyl groups excluding tert-OH is 1. The highest BCUT2D eigenvalue weighted by Gasteiger charge is 2.22. The molecular weight excluding hydrogens is 226 g/mol. The Balaban J connectivity index is 0.000000138. The van der Waals surface area contributed by atoms with Gasteiger partial charge < -0.3 is 10.0 Å². The van der Waals surface area contributed by atoms with Crippen molar-refractivity contribution in [2.45, 2.75) is 44.8 Å². The van der Waals surface area contributed by atoms with Crippen molar-refractivity contribution in [3.05, 3.63) is 35.4 Å². The summed E-state index contributed by atoms with van der Waals surface area (Å²) in [4.78, 5) is 12.5. The van der Waals surface area contributed by atoms with Gasteiger partial charge in [0.2, 0.25) is 5.91 Å². The van der Waals surface area contributed by atoms with Crippen LogP contribution in [0.3, 0.4) is 0 Å². The smallest absolute Gasteiger partial charge is 0.222 e. The van der Waals surface area contributed by atoms with Gasteiger partial charge in [0.25, 0.3) is 0 Å². The molecule has 1 saturated heterocycles. The molecule has 3 rings (SSSR count).